The van der Waals surface area contributed by atoms with Gasteiger partial charge in [0.05, 0.1) is 0 Å². The Hall–Kier alpha value is -0.355. The summed E-state index contributed by atoms with van der Waals surface area (Å²) in [6, 6.07) is 0. The Bertz CT molecular complexity index is 51.4. The molecule has 0 nitrogen and oxygen atoms in total. The van der Waals surface area contributed by atoms with Gasteiger partial charge in [-0.05, 0) is 0 Å². The summed E-state index contributed by atoms with van der Waals surface area (Å²) in [5.41, 5.74) is 0. The molecule has 0 rings (SSSR count). The van der Waals surface area contributed by atoms with Crippen LogP contribution >= 0.6 is 0 Å². The summed E-state index contributed by atoms with van der Waals surface area (Å²) >= 11 is 0. The predicted molar refractivity (Wildman–Crippen MR) is 31.5 cm³/mol. The number of hydrogen-bond acceptors (Lipinski definition) is 0. The molecule has 0 aromatic carbocycles. The van der Waals surface area contributed by atoms with E-state index in [0.29, 0.717) is 0 Å². The smallest absolute Gasteiger partial charge is 0.269 e. The van der Waals surface area contributed by atoms with E-state index in [0.717, 1.165) is 0 Å². The minimum Gasteiger partial charge on any atom is -0.269 e. The lowest BCUT2D eigenvalue weighted by Gasteiger charge is -2.00. The summed E-state index contributed by atoms with van der Waals surface area (Å²) in [5.74, 6) is 0. The number of alkyl halides is 3. The Morgan fingerprint density at radius 2 is 1.30 bits per heavy atom. The lowest BCUT2D eigenvalue weighted by molar-refractivity contribution is -0.130. The van der Waals surface area contributed by atoms with Gasteiger partial charge in [-0.2, -0.15) is 13.2 Å². The lowest BCUT2D eigenvalue weighted by Crippen LogP contribution is -2.05. The molecule has 0 aliphatic rings. The van der Waals surface area contributed by atoms with Crippen LogP contribution in [0.15, 0.2) is 0 Å². The Labute approximate surface area is 55.3 Å². The van der Waals surface area contributed by atoms with Gasteiger partial charge in [0.1, 0.15) is 7.85 Å². The first-order valence-corrected chi connectivity index (χ1v) is 2.13. The first-order valence-electron chi connectivity index (χ1n) is 2.13. The second-order valence-corrected chi connectivity index (χ2v) is 1.37. The van der Waals surface area contributed by atoms with Crippen LogP contribution in [-0.2, 0) is 0 Å². The van der Waals surface area contributed by atoms with Crippen molar-refractivity contribution in [2.45, 2.75) is 18.9 Å². The molecule has 0 bridgehead atoms. The maximum absolute atomic E-state index is 11.1. The Morgan fingerprint density at radius 3 is 1.30 bits per heavy atom. The van der Waals surface area contributed by atoms with Crippen molar-refractivity contribution < 1.29 is 27.3 Å². The molecule has 0 atom stereocenters. The van der Waals surface area contributed by atoms with Gasteiger partial charge in [0.15, 0.2) is 0 Å². The van der Waals surface area contributed by atoms with Gasteiger partial charge in [-0.25, -0.2) is 0 Å². The van der Waals surface area contributed by atoms with Crippen LogP contribution < -0.4 is 0 Å². The lowest BCUT2D eigenvalue weighted by atomic mass is 10.0. The molecule has 0 saturated heterocycles. The minimum atomic E-state index is -3.95. The van der Waals surface area contributed by atoms with Gasteiger partial charge < -0.3 is 0 Å². The van der Waals surface area contributed by atoms with Crippen LogP contribution in [0.4, 0.5) is 27.3 Å². The molecule has 0 N–H and O–H groups in total. The van der Waals surface area contributed by atoms with Crippen LogP contribution in [0.25, 0.3) is 0 Å². The summed E-state index contributed by atoms with van der Waals surface area (Å²) < 4.78 is 33.2. The zero-order valence-electron chi connectivity index (χ0n) is 5.27. The summed E-state index contributed by atoms with van der Waals surface area (Å²) in [6.07, 6.45) is -4.43. The molecule has 66 valence electrons. The zero-order chi connectivity index (χ0) is 5.91. The van der Waals surface area contributed by atoms with Gasteiger partial charge in [0.2, 0.25) is 0 Å². The van der Waals surface area contributed by atoms with Gasteiger partial charge in [-0.15, -0.1) is 0 Å². The van der Waals surface area contributed by atoms with Crippen LogP contribution in [0.1, 0.15) is 6.42 Å². The van der Waals surface area contributed by atoms with Crippen molar-refractivity contribution in [3.05, 3.63) is 0 Å². The van der Waals surface area contributed by atoms with E-state index >= 15 is 0 Å². The van der Waals surface area contributed by atoms with Crippen molar-refractivity contribution in [2.24, 2.45) is 0 Å². The number of rotatable bonds is 1. The van der Waals surface area contributed by atoms with E-state index in [1.807, 2.05) is 0 Å². The summed E-state index contributed by atoms with van der Waals surface area (Å²) in [6.45, 7) is 0. The Balaban J connectivity index is -0.0000000600. The molecule has 0 amide bonds. The topological polar surface area (TPSA) is 0 Å². The second kappa shape index (κ2) is 8.64. The van der Waals surface area contributed by atoms with E-state index in [9.17, 15) is 13.2 Å². The Kier molecular flexibility index (Phi) is 19.6. The van der Waals surface area contributed by atoms with E-state index in [4.69, 9.17) is 0 Å². The molecule has 0 aliphatic carbocycles. The van der Waals surface area contributed by atoms with Crippen LogP contribution in [-0.4, -0.2) is 14.0 Å². The van der Waals surface area contributed by atoms with Crippen LogP contribution in [0, 0.1) is 0 Å². The van der Waals surface area contributed by atoms with Gasteiger partial charge in [-0.1, -0.05) is 6.32 Å². The first kappa shape index (κ1) is 22.6. The molecule has 0 unspecified atom stereocenters. The normalized spacial score (nSPS) is 8.30. The van der Waals surface area contributed by atoms with Crippen LogP contribution in [0.5, 0.6) is 0 Å². The molecule has 0 aromatic rings. The molecule has 0 fully saturated rings. The van der Waals surface area contributed by atoms with E-state index < -0.39 is 12.6 Å². The highest BCUT2D eigenvalue weighted by atomic mass is 19.4. The van der Waals surface area contributed by atoms with Crippen molar-refractivity contribution in [3.8, 4) is 0 Å². The third-order valence-corrected chi connectivity index (χ3v) is 0.533. The highest BCUT2D eigenvalue weighted by molar-refractivity contribution is 6.08. The highest BCUT2D eigenvalue weighted by Crippen LogP contribution is 2.20. The molecular weight excluding hydrogens is 161 g/mol. The third kappa shape index (κ3) is 25.4. The monoisotopic (exact) mass is 170 g/mol. The molecule has 0 aliphatic heterocycles. The van der Waals surface area contributed by atoms with Crippen molar-refractivity contribution in [2.75, 3.05) is 0 Å². The van der Waals surface area contributed by atoms with Crippen molar-refractivity contribution in [1.29, 1.82) is 0 Å². The van der Waals surface area contributed by atoms with Crippen molar-refractivity contribution in [3.63, 3.8) is 0 Å². The van der Waals surface area contributed by atoms with Crippen LogP contribution in [0.3, 0.4) is 0 Å². The van der Waals surface area contributed by atoms with Crippen molar-refractivity contribution in [1.82, 2.24) is 0 Å². The fourth-order valence-corrected chi connectivity index (χ4v) is 0.283. The van der Waals surface area contributed by atoms with Crippen LogP contribution in [0.2, 0.25) is 6.32 Å². The quantitative estimate of drug-likeness (QED) is 0.412. The predicted octanol–water partition coefficient (Wildman–Crippen LogP) is 1.45. The van der Waals surface area contributed by atoms with Gasteiger partial charge in [0, 0.05) is 6.42 Å². The molecular formula is C3H9BF6. The molecule has 0 aromatic heterocycles. The second-order valence-electron chi connectivity index (χ2n) is 1.37. The fraction of sp³-hybridized carbons (Fsp3) is 1.00. The van der Waals surface area contributed by atoms with E-state index in [2.05, 4.69) is 0 Å². The SMILES string of the molecule is BCCC(F)(F)F.F.F.F. The van der Waals surface area contributed by atoms with Crippen molar-refractivity contribution >= 4 is 7.85 Å². The van der Waals surface area contributed by atoms with E-state index in [1.165, 1.54) is 7.85 Å². The highest BCUT2D eigenvalue weighted by Gasteiger charge is 2.24. The van der Waals surface area contributed by atoms with Gasteiger partial charge in [0.25, 0.3) is 0 Å². The standard InChI is InChI=1S/C3H6BF3.3FH/c4-2-1-3(5,6)7;;;/h1-2,4H2;3*1H. The fourth-order valence-electron chi connectivity index (χ4n) is 0.283. The maximum atomic E-state index is 11.1. The van der Waals surface area contributed by atoms with Gasteiger partial charge in [-0.3, -0.25) is 14.1 Å². The number of hydrogen-bond donors (Lipinski definition) is 0. The van der Waals surface area contributed by atoms with E-state index in [-0.39, 0.29) is 20.4 Å². The Morgan fingerprint density at radius 1 is 1.00 bits per heavy atom. The largest absolute Gasteiger partial charge is 0.388 e. The third-order valence-electron chi connectivity index (χ3n) is 0.533. The average Bonchev–Trinajstić information content (AvgIpc) is 1.30. The summed E-state index contributed by atoms with van der Waals surface area (Å²) in [7, 11) is 1.51. The van der Waals surface area contributed by atoms with E-state index in [1.54, 1.807) is 0 Å². The molecule has 7 heteroatoms. The molecule has 0 spiro atoms. The summed E-state index contributed by atoms with van der Waals surface area (Å²) in [5, 5.41) is 0. The van der Waals surface area contributed by atoms with Gasteiger partial charge >= 0.3 is 6.18 Å². The first-order chi connectivity index (χ1) is 3.06. The molecule has 10 heavy (non-hydrogen) atoms. The maximum Gasteiger partial charge on any atom is 0.388 e. The minimum absolute atomic E-state index is 0. The molecule has 0 heterocycles. The summed E-state index contributed by atoms with van der Waals surface area (Å²) in [4.78, 5) is 0. The number of halogens is 6. The average molecular weight is 170 g/mol. The zero-order valence-corrected chi connectivity index (χ0v) is 5.27. The molecule has 0 saturated carbocycles. The molecule has 0 radical (unpaired) electrons.